The second-order valence-corrected chi connectivity index (χ2v) is 6.75. The third-order valence-corrected chi connectivity index (χ3v) is 4.82. The van der Waals surface area contributed by atoms with Crippen LogP contribution in [0.15, 0.2) is 59.3 Å². The maximum absolute atomic E-state index is 4.63. The van der Waals surface area contributed by atoms with Gasteiger partial charge in [-0.1, -0.05) is 36.4 Å². The van der Waals surface area contributed by atoms with Gasteiger partial charge in [-0.25, -0.2) is 4.98 Å². The molecule has 3 aromatic rings. The molecule has 0 aliphatic carbocycles. The Morgan fingerprint density at radius 1 is 1.13 bits per heavy atom. The van der Waals surface area contributed by atoms with Gasteiger partial charge in [0.15, 0.2) is 0 Å². The molecule has 0 unspecified atom stereocenters. The maximum Gasteiger partial charge on any atom is 0.106 e. The highest BCUT2D eigenvalue weighted by Gasteiger charge is 2.16. The lowest BCUT2D eigenvalue weighted by atomic mass is 10.0. The molecule has 1 aromatic carbocycles. The molecule has 0 radical (unpaired) electrons. The minimum atomic E-state index is 0.882. The fourth-order valence-electron chi connectivity index (χ4n) is 3.16. The van der Waals surface area contributed by atoms with E-state index in [2.05, 4.69) is 79.5 Å². The Morgan fingerprint density at radius 2 is 2.00 bits per heavy atom. The number of H-pyrrole nitrogens is 1. The van der Waals surface area contributed by atoms with Crippen molar-refractivity contribution in [3.05, 3.63) is 70.5 Å². The topological polar surface area (TPSA) is 31.9 Å². The summed E-state index contributed by atoms with van der Waals surface area (Å²) in [4.78, 5) is 10.4. The number of hydrogen-bond donors (Lipinski definition) is 1. The van der Waals surface area contributed by atoms with Gasteiger partial charge in [-0.2, -0.15) is 0 Å². The van der Waals surface area contributed by atoms with Crippen LogP contribution in [-0.2, 0) is 6.54 Å². The first-order valence-electron chi connectivity index (χ1n) is 7.89. The molecule has 1 aliphatic rings. The minimum absolute atomic E-state index is 0.882. The van der Waals surface area contributed by atoms with E-state index in [1.807, 2.05) is 6.07 Å². The van der Waals surface area contributed by atoms with E-state index in [0.29, 0.717) is 0 Å². The third kappa shape index (κ3) is 3.09. The molecule has 1 aliphatic heterocycles. The number of fused-ring (bicyclic) bond motifs is 1. The van der Waals surface area contributed by atoms with Crippen molar-refractivity contribution < 1.29 is 0 Å². The predicted octanol–water partition coefficient (Wildman–Crippen LogP) is 4.61. The summed E-state index contributed by atoms with van der Waals surface area (Å²) in [6.07, 6.45) is 5.49. The Hall–Kier alpha value is -1.91. The summed E-state index contributed by atoms with van der Waals surface area (Å²) in [6, 6.07) is 14.7. The highest BCUT2D eigenvalue weighted by atomic mass is 79.9. The Balaban J connectivity index is 1.54. The van der Waals surface area contributed by atoms with Gasteiger partial charge in [-0.05, 0) is 45.6 Å². The molecule has 4 rings (SSSR count). The van der Waals surface area contributed by atoms with Gasteiger partial charge in [0.1, 0.15) is 4.60 Å². The van der Waals surface area contributed by atoms with E-state index < -0.39 is 0 Å². The Kier molecular flexibility index (Phi) is 4.02. The smallest absolute Gasteiger partial charge is 0.106 e. The second-order valence-electron chi connectivity index (χ2n) is 5.93. The lowest BCUT2D eigenvalue weighted by Crippen LogP contribution is -2.27. The van der Waals surface area contributed by atoms with Crippen LogP contribution >= 0.6 is 15.9 Å². The van der Waals surface area contributed by atoms with Crippen molar-refractivity contribution in [2.45, 2.75) is 13.0 Å². The van der Waals surface area contributed by atoms with Crippen LogP contribution in [0.3, 0.4) is 0 Å². The van der Waals surface area contributed by atoms with Crippen molar-refractivity contribution in [1.82, 2.24) is 14.9 Å². The van der Waals surface area contributed by atoms with Crippen LogP contribution in [0.4, 0.5) is 0 Å². The van der Waals surface area contributed by atoms with E-state index in [-0.39, 0.29) is 0 Å². The van der Waals surface area contributed by atoms with Crippen molar-refractivity contribution in [1.29, 1.82) is 0 Å². The number of aromatic nitrogens is 2. The molecular formula is C19H18BrN3. The molecule has 0 saturated heterocycles. The molecule has 0 fully saturated rings. The molecular weight excluding hydrogens is 350 g/mol. The van der Waals surface area contributed by atoms with Gasteiger partial charge >= 0.3 is 0 Å². The van der Waals surface area contributed by atoms with Crippen LogP contribution in [0.2, 0.25) is 0 Å². The first-order chi connectivity index (χ1) is 11.3. The van der Waals surface area contributed by atoms with Crippen molar-refractivity contribution in [2.75, 3.05) is 13.1 Å². The summed E-state index contributed by atoms with van der Waals surface area (Å²) in [7, 11) is 0. The van der Waals surface area contributed by atoms with Crippen LogP contribution in [-0.4, -0.2) is 28.0 Å². The third-order valence-electron chi connectivity index (χ3n) is 4.38. The number of halogens is 1. The molecule has 1 N–H and O–H groups in total. The first-order valence-corrected chi connectivity index (χ1v) is 8.68. The van der Waals surface area contributed by atoms with Gasteiger partial charge in [0.25, 0.3) is 0 Å². The molecule has 3 nitrogen and oxygen atoms in total. The van der Waals surface area contributed by atoms with Gasteiger partial charge < -0.3 is 4.98 Å². The standard InChI is InChI=1S/C19H18BrN3/c20-18-7-6-17-19(22-18)16(12-21-17)15-8-10-23(11-9-15)13-14-4-2-1-3-5-14/h1-8,12,21H,9-11,13H2. The van der Waals surface area contributed by atoms with E-state index in [0.717, 1.165) is 41.7 Å². The zero-order valence-electron chi connectivity index (χ0n) is 12.8. The van der Waals surface area contributed by atoms with Crippen LogP contribution in [0.5, 0.6) is 0 Å². The van der Waals surface area contributed by atoms with Gasteiger partial charge in [-0.15, -0.1) is 0 Å². The van der Waals surface area contributed by atoms with E-state index in [1.54, 1.807) is 0 Å². The Morgan fingerprint density at radius 3 is 2.78 bits per heavy atom. The Labute approximate surface area is 144 Å². The number of aromatic amines is 1. The maximum atomic E-state index is 4.63. The average molecular weight is 368 g/mol. The van der Waals surface area contributed by atoms with Gasteiger partial charge in [0, 0.05) is 31.4 Å². The number of hydrogen-bond acceptors (Lipinski definition) is 2. The SMILES string of the molecule is Brc1ccc2[nH]cc(C3=CCN(Cc4ccccc4)CC3)c2n1. The number of pyridine rings is 1. The summed E-state index contributed by atoms with van der Waals surface area (Å²) in [5.74, 6) is 0. The molecule has 0 atom stereocenters. The molecule has 0 amide bonds. The highest BCUT2D eigenvalue weighted by molar-refractivity contribution is 9.10. The molecule has 0 bridgehead atoms. The second kappa shape index (κ2) is 6.30. The summed E-state index contributed by atoms with van der Waals surface area (Å²) < 4.78 is 0.882. The lowest BCUT2D eigenvalue weighted by Gasteiger charge is -2.26. The van der Waals surface area contributed by atoms with Crippen molar-refractivity contribution in [3.8, 4) is 0 Å². The lowest BCUT2D eigenvalue weighted by molar-refractivity contribution is 0.294. The van der Waals surface area contributed by atoms with Crippen LogP contribution in [0.1, 0.15) is 17.5 Å². The summed E-state index contributed by atoms with van der Waals surface area (Å²) in [5.41, 5.74) is 6.16. The largest absolute Gasteiger partial charge is 0.359 e. The zero-order valence-corrected chi connectivity index (χ0v) is 14.4. The Bertz CT molecular complexity index is 851. The molecule has 2 aromatic heterocycles. The molecule has 116 valence electrons. The molecule has 0 spiro atoms. The van der Waals surface area contributed by atoms with Gasteiger partial charge in [-0.3, -0.25) is 4.90 Å². The number of nitrogens with one attached hydrogen (secondary N) is 1. The summed E-state index contributed by atoms with van der Waals surface area (Å²) >= 11 is 3.47. The normalized spacial score (nSPS) is 15.8. The van der Waals surface area contributed by atoms with Gasteiger partial charge in [0.2, 0.25) is 0 Å². The van der Waals surface area contributed by atoms with E-state index >= 15 is 0 Å². The summed E-state index contributed by atoms with van der Waals surface area (Å²) in [6.45, 7) is 3.09. The number of rotatable bonds is 3. The van der Waals surface area contributed by atoms with Crippen LogP contribution in [0, 0.1) is 0 Å². The molecule has 0 saturated carbocycles. The number of nitrogens with zero attached hydrogens (tertiary/aromatic N) is 2. The van der Waals surface area contributed by atoms with E-state index in [9.17, 15) is 0 Å². The predicted molar refractivity (Wildman–Crippen MR) is 98.1 cm³/mol. The minimum Gasteiger partial charge on any atom is -0.359 e. The molecule has 23 heavy (non-hydrogen) atoms. The van der Waals surface area contributed by atoms with Gasteiger partial charge in [0.05, 0.1) is 11.0 Å². The fraction of sp³-hybridized carbons (Fsp3) is 0.211. The quantitative estimate of drug-likeness (QED) is 0.685. The monoisotopic (exact) mass is 367 g/mol. The first kappa shape index (κ1) is 14.7. The van der Waals surface area contributed by atoms with Crippen molar-refractivity contribution >= 4 is 32.5 Å². The van der Waals surface area contributed by atoms with Crippen molar-refractivity contribution in [2.24, 2.45) is 0 Å². The molecule has 3 heterocycles. The van der Waals surface area contributed by atoms with E-state index in [4.69, 9.17) is 0 Å². The molecule has 4 heteroatoms. The van der Waals surface area contributed by atoms with Crippen molar-refractivity contribution in [3.63, 3.8) is 0 Å². The fourth-order valence-corrected chi connectivity index (χ4v) is 3.47. The zero-order chi connectivity index (χ0) is 15.6. The summed E-state index contributed by atoms with van der Waals surface area (Å²) in [5, 5.41) is 0. The number of benzene rings is 1. The van der Waals surface area contributed by atoms with E-state index in [1.165, 1.54) is 16.7 Å². The van der Waals surface area contributed by atoms with Crippen LogP contribution < -0.4 is 0 Å². The van der Waals surface area contributed by atoms with Crippen LogP contribution in [0.25, 0.3) is 16.6 Å². The highest BCUT2D eigenvalue weighted by Crippen LogP contribution is 2.29. The average Bonchev–Trinajstić information content (AvgIpc) is 2.99.